The predicted molar refractivity (Wildman–Crippen MR) is 84.4 cm³/mol. The molecule has 2 N–H and O–H groups in total. The summed E-state index contributed by atoms with van der Waals surface area (Å²) in [4.78, 5) is 10.0. The number of aromatic nitrogens is 2. The highest BCUT2D eigenvalue weighted by atomic mass is 35.5. The lowest BCUT2D eigenvalue weighted by Gasteiger charge is -2.10. The fourth-order valence-electron chi connectivity index (χ4n) is 1.83. The van der Waals surface area contributed by atoms with Crippen LogP contribution in [0.1, 0.15) is 35.5 Å². The molecular weight excluding hydrogens is 290 g/mol. The Hall–Kier alpha value is -1.10. The molecule has 0 fully saturated rings. The third-order valence-electron chi connectivity index (χ3n) is 3.28. The molecule has 0 aliphatic carbocycles. The van der Waals surface area contributed by atoms with Gasteiger partial charge in [0, 0.05) is 27.3 Å². The van der Waals surface area contributed by atoms with Crippen molar-refractivity contribution in [2.24, 2.45) is 5.73 Å². The molecule has 1 aromatic heterocycles. The average Bonchev–Trinajstić information content (AvgIpc) is 2.35. The van der Waals surface area contributed by atoms with Gasteiger partial charge in [0.15, 0.2) is 5.16 Å². The van der Waals surface area contributed by atoms with E-state index in [9.17, 15) is 0 Å². The zero-order valence-electron chi connectivity index (χ0n) is 12.1. The van der Waals surface area contributed by atoms with Crippen molar-refractivity contribution in [2.75, 3.05) is 0 Å². The van der Waals surface area contributed by atoms with E-state index in [1.54, 1.807) is 0 Å². The van der Waals surface area contributed by atoms with Crippen LogP contribution in [0, 0.1) is 20.8 Å². The first-order valence-electron chi connectivity index (χ1n) is 6.43. The number of halogens is 1. The van der Waals surface area contributed by atoms with Gasteiger partial charge < -0.3 is 5.73 Å². The van der Waals surface area contributed by atoms with Crippen molar-refractivity contribution in [1.82, 2.24) is 9.97 Å². The molecular formula is C15H18ClN3S. The zero-order chi connectivity index (χ0) is 14.9. The summed E-state index contributed by atoms with van der Waals surface area (Å²) >= 11 is 7.76. The van der Waals surface area contributed by atoms with Crippen molar-refractivity contribution in [1.29, 1.82) is 0 Å². The Morgan fingerprint density at radius 2 is 1.75 bits per heavy atom. The highest BCUT2D eigenvalue weighted by molar-refractivity contribution is 7.99. The minimum atomic E-state index is -0.0679. The van der Waals surface area contributed by atoms with Crippen LogP contribution in [0.2, 0.25) is 5.02 Å². The second-order valence-corrected chi connectivity index (χ2v) is 6.32. The van der Waals surface area contributed by atoms with Gasteiger partial charge in [0.25, 0.3) is 0 Å². The van der Waals surface area contributed by atoms with Crippen LogP contribution in [0.15, 0.2) is 28.3 Å². The largest absolute Gasteiger partial charge is 0.324 e. The van der Waals surface area contributed by atoms with Crippen molar-refractivity contribution in [3.63, 3.8) is 0 Å². The quantitative estimate of drug-likeness (QED) is 0.862. The molecule has 1 aromatic carbocycles. The van der Waals surface area contributed by atoms with Crippen molar-refractivity contribution >= 4 is 23.4 Å². The minimum Gasteiger partial charge on any atom is -0.324 e. The summed E-state index contributed by atoms with van der Waals surface area (Å²) in [6.45, 7) is 7.96. The standard InChI is InChI=1S/C15H18ClN3S/c1-8-10(3)18-15(19-11(8)4)20-12-5-6-13(9(2)17)14(16)7-12/h5-7,9H,17H2,1-4H3. The molecule has 106 valence electrons. The molecule has 1 unspecified atom stereocenters. The van der Waals surface area contributed by atoms with Crippen molar-refractivity contribution in [2.45, 2.75) is 43.8 Å². The Kier molecular flexibility index (Phi) is 4.68. The van der Waals surface area contributed by atoms with Gasteiger partial charge in [-0.2, -0.15) is 0 Å². The monoisotopic (exact) mass is 307 g/mol. The third-order valence-corrected chi connectivity index (χ3v) is 4.47. The first-order chi connectivity index (χ1) is 9.38. The third kappa shape index (κ3) is 3.32. The molecule has 0 saturated carbocycles. The van der Waals surface area contributed by atoms with Crippen LogP contribution in [0.4, 0.5) is 0 Å². The van der Waals surface area contributed by atoms with Crippen molar-refractivity contribution in [3.05, 3.63) is 45.7 Å². The highest BCUT2D eigenvalue weighted by Gasteiger charge is 2.09. The lowest BCUT2D eigenvalue weighted by Crippen LogP contribution is -2.05. The number of aryl methyl sites for hydroxylation is 2. The van der Waals surface area contributed by atoms with E-state index in [2.05, 4.69) is 9.97 Å². The fraction of sp³-hybridized carbons (Fsp3) is 0.333. The number of hydrogen-bond donors (Lipinski definition) is 1. The second-order valence-electron chi connectivity index (χ2n) is 4.88. The van der Waals surface area contributed by atoms with Gasteiger partial charge in [-0.25, -0.2) is 9.97 Å². The normalized spacial score (nSPS) is 12.5. The van der Waals surface area contributed by atoms with E-state index in [4.69, 9.17) is 17.3 Å². The van der Waals surface area contributed by atoms with Gasteiger partial charge in [-0.1, -0.05) is 17.7 Å². The predicted octanol–water partition coefficient (Wildman–Crippen LogP) is 4.23. The fourth-order valence-corrected chi connectivity index (χ4v) is 3.14. The van der Waals surface area contributed by atoms with Crippen LogP contribution in [0.3, 0.4) is 0 Å². The van der Waals surface area contributed by atoms with Crippen LogP contribution in [0.25, 0.3) is 0 Å². The lowest BCUT2D eigenvalue weighted by molar-refractivity contribution is 0.817. The van der Waals surface area contributed by atoms with Gasteiger partial charge in [-0.3, -0.25) is 0 Å². The Bertz CT molecular complexity index is 618. The summed E-state index contributed by atoms with van der Waals surface area (Å²) in [5.41, 5.74) is 9.97. The number of nitrogens with zero attached hydrogens (tertiary/aromatic N) is 2. The lowest BCUT2D eigenvalue weighted by atomic mass is 10.1. The Labute approximate surface area is 129 Å². The molecule has 1 atom stereocenters. The number of benzene rings is 1. The molecule has 0 aliphatic rings. The summed E-state index contributed by atoms with van der Waals surface area (Å²) in [6.07, 6.45) is 0. The van der Waals surface area contributed by atoms with E-state index >= 15 is 0 Å². The molecule has 3 nitrogen and oxygen atoms in total. The molecule has 1 heterocycles. The molecule has 20 heavy (non-hydrogen) atoms. The molecule has 2 aromatic rings. The minimum absolute atomic E-state index is 0.0679. The summed E-state index contributed by atoms with van der Waals surface area (Å²) < 4.78 is 0. The number of rotatable bonds is 3. The summed E-state index contributed by atoms with van der Waals surface area (Å²) in [6, 6.07) is 5.81. The van der Waals surface area contributed by atoms with Gasteiger partial charge in [-0.05, 0) is 62.7 Å². The first kappa shape index (κ1) is 15.3. The molecule has 5 heteroatoms. The molecule has 0 bridgehead atoms. The van der Waals surface area contributed by atoms with Gasteiger partial charge in [0.1, 0.15) is 0 Å². The maximum Gasteiger partial charge on any atom is 0.192 e. The van der Waals surface area contributed by atoms with Gasteiger partial charge in [-0.15, -0.1) is 0 Å². The van der Waals surface area contributed by atoms with Crippen molar-refractivity contribution in [3.8, 4) is 0 Å². The topological polar surface area (TPSA) is 51.8 Å². The van der Waals surface area contributed by atoms with Crippen LogP contribution < -0.4 is 5.73 Å². The van der Waals surface area contributed by atoms with Crippen LogP contribution in [0.5, 0.6) is 0 Å². The molecule has 0 radical (unpaired) electrons. The zero-order valence-corrected chi connectivity index (χ0v) is 13.6. The van der Waals surface area contributed by atoms with E-state index in [0.717, 1.165) is 32.6 Å². The number of nitrogens with two attached hydrogens (primary N) is 1. The Morgan fingerprint density at radius 3 is 2.25 bits per heavy atom. The van der Waals surface area contributed by atoms with Crippen molar-refractivity contribution < 1.29 is 0 Å². The average molecular weight is 308 g/mol. The molecule has 2 rings (SSSR count). The maximum atomic E-state index is 6.24. The maximum absolute atomic E-state index is 6.24. The van der Waals surface area contributed by atoms with Crippen LogP contribution in [-0.2, 0) is 0 Å². The molecule has 0 amide bonds. The highest BCUT2D eigenvalue weighted by Crippen LogP contribution is 2.31. The Balaban J connectivity index is 2.29. The van der Waals surface area contributed by atoms with Gasteiger partial charge in [0.2, 0.25) is 0 Å². The summed E-state index contributed by atoms with van der Waals surface area (Å²) in [7, 11) is 0. The second kappa shape index (κ2) is 6.12. The van der Waals surface area contributed by atoms with E-state index in [1.165, 1.54) is 11.8 Å². The first-order valence-corrected chi connectivity index (χ1v) is 7.62. The van der Waals surface area contributed by atoms with Gasteiger partial charge >= 0.3 is 0 Å². The van der Waals surface area contributed by atoms with E-state index in [-0.39, 0.29) is 6.04 Å². The molecule has 0 spiro atoms. The Morgan fingerprint density at radius 1 is 1.15 bits per heavy atom. The summed E-state index contributed by atoms with van der Waals surface area (Å²) in [5.74, 6) is 0. The van der Waals surface area contributed by atoms with E-state index < -0.39 is 0 Å². The molecule has 0 aliphatic heterocycles. The van der Waals surface area contributed by atoms with Crippen LogP contribution >= 0.6 is 23.4 Å². The van der Waals surface area contributed by atoms with Crippen LogP contribution in [-0.4, -0.2) is 9.97 Å². The number of hydrogen-bond acceptors (Lipinski definition) is 4. The SMILES string of the molecule is Cc1nc(Sc2ccc(C(C)N)c(Cl)c2)nc(C)c1C. The molecule has 0 saturated heterocycles. The van der Waals surface area contributed by atoms with E-state index in [1.807, 2.05) is 45.9 Å². The smallest absolute Gasteiger partial charge is 0.192 e. The van der Waals surface area contributed by atoms with Gasteiger partial charge in [0.05, 0.1) is 0 Å². The van der Waals surface area contributed by atoms with E-state index in [0.29, 0.717) is 5.02 Å². The summed E-state index contributed by atoms with van der Waals surface area (Å²) in [5, 5.41) is 1.43.